The largest absolute Gasteiger partial charge is 0.381 e. The van der Waals surface area contributed by atoms with Crippen LogP contribution in [0.3, 0.4) is 0 Å². The van der Waals surface area contributed by atoms with Crippen LogP contribution in [0.1, 0.15) is 36.2 Å². The van der Waals surface area contributed by atoms with Crippen molar-refractivity contribution in [1.29, 1.82) is 0 Å². The summed E-state index contributed by atoms with van der Waals surface area (Å²) in [4.78, 5) is 4.31. The molecule has 2 aromatic rings. The SMILES string of the molecule is CCc1ccccc1Cn1cncc1C(N)C1CCOC1. The van der Waals surface area contributed by atoms with E-state index < -0.39 is 0 Å². The highest BCUT2D eigenvalue weighted by atomic mass is 16.5. The summed E-state index contributed by atoms with van der Waals surface area (Å²) in [6, 6.07) is 8.57. The maximum absolute atomic E-state index is 6.43. The maximum Gasteiger partial charge on any atom is 0.0951 e. The number of benzene rings is 1. The Morgan fingerprint density at radius 2 is 2.19 bits per heavy atom. The predicted octanol–water partition coefficient (Wildman–Crippen LogP) is 2.53. The number of nitrogens with two attached hydrogens (primary N) is 1. The standard InChI is InChI=1S/C17H23N3O/c1-2-13-5-3-4-6-14(13)10-20-12-19-9-16(20)17(18)15-7-8-21-11-15/h3-6,9,12,15,17H,2,7-8,10-11,18H2,1H3. The molecule has 1 aliphatic rings. The third-order valence-corrected chi connectivity index (χ3v) is 4.40. The van der Waals surface area contributed by atoms with Crippen molar-refractivity contribution in [2.75, 3.05) is 13.2 Å². The van der Waals surface area contributed by atoms with Crippen molar-refractivity contribution in [2.45, 2.75) is 32.4 Å². The smallest absolute Gasteiger partial charge is 0.0951 e. The lowest BCUT2D eigenvalue weighted by molar-refractivity contribution is 0.180. The van der Waals surface area contributed by atoms with E-state index in [1.165, 1.54) is 11.1 Å². The highest BCUT2D eigenvalue weighted by Gasteiger charge is 2.26. The molecule has 2 N–H and O–H groups in total. The van der Waals surface area contributed by atoms with Gasteiger partial charge in [0.15, 0.2) is 0 Å². The lowest BCUT2D eigenvalue weighted by Gasteiger charge is -2.20. The minimum absolute atomic E-state index is 0.00351. The molecule has 21 heavy (non-hydrogen) atoms. The van der Waals surface area contributed by atoms with Gasteiger partial charge in [-0.2, -0.15) is 0 Å². The first-order valence-corrected chi connectivity index (χ1v) is 7.69. The average Bonchev–Trinajstić information content (AvgIpc) is 3.18. The Bertz CT molecular complexity index is 587. The molecule has 0 bridgehead atoms. The molecule has 2 unspecified atom stereocenters. The van der Waals surface area contributed by atoms with Crippen molar-refractivity contribution < 1.29 is 4.74 Å². The van der Waals surface area contributed by atoms with Gasteiger partial charge in [-0.1, -0.05) is 31.2 Å². The molecule has 0 radical (unpaired) electrons. The molecule has 1 fully saturated rings. The fraction of sp³-hybridized carbons (Fsp3) is 0.471. The van der Waals surface area contributed by atoms with E-state index >= 15 is 0 Å². The van der Waals surface area contributed by atoms with E-state index in [0.717, 1.165) is 38.3 Å². The number of imidazole rings is 1. The summed E-state index contributed by atoms with van der Waals surface area (Å²) in [6.07, 6.45) is 5.87. The maximum atomic E-state index is 6.43. The zero-order valence-corrected chi connectivity index (χ0v) is 12.5. The van der Waals surface area contributed by atoms with E-state index in [4.69, 9.17) is 10.5 Å². The quantitative estimate of drug-likeness (QED) is 0.918. The summed E-state index contributed by atoms with van der Waals surface area (Å²) in [7, 11) is 0. The third-order valence-electron chi connectivity index (χ3n) is 4.40. The lowest BCUT2D eigenvalue weighted by Crippen LogP contribution is -2.24. The van der Waals surface area contributed by atoms with Crippen LogP contribution < -0.4 is 5.73 Å². The second kappa shape index (κ2) is 6.41. The van der Waals surface area contributed by atoms with Gasteiger partial charge >= 0.3 is 0 Å². The fourth-order valence-corrected chi connectivity index (χ4v) is 3.06. The first-order chi connectivity index (χ1) is 10.3. The molecule has 2 heterocycles. The van der Waals surface area contributed by atoms with Gasteiger partial charge < -0.3 is 15.0 Å². The molecule has 1 saturated heterocycles. The number of ether oxygens (including phenoxy) is 1. The summed E-state index contributed by atoms with van der Waals surface area (Å²) in [5.74, 6) is 0.405. The van der Waals surface area contributed by atoms with Gasteiger partial charge in [-0.3, -0.25) is 0 Å². The van der Waals surface area contributed by atoms with Crippen LogP contribution in [0.5, 0.6) is 0 Å². The highest BCUT2D eigenvalue weighted by Crippen LogP contribution is 2.27. The second-order valence-corrected chi connectivity index (χ2v) is 5.72. The highest BCUT2D eigenvalue weighted by molar-refractivity contribution is 5.28. The number of rotatable bonds is 5. The molecule has 3 rings (SSSR count). The zero-order chi connectivity index (χ0) is 14.7. The molecule has 1 aromatic heterocycles. The normalized spacial score (nSPS) is 19.8. The van der Waals surface area contributed by atoms with Gasteiger partial charge in [0.05, 0.1) is 24.7 Å². The van der Waals surface area contributed by atoms with Crippen molar-refractivity contribution in [1.82, 2.24) is 9.55 Å². The first kappa shape index (κ1) is 14.3. The van der Waals surface area contributed by atoms with Crippen LogP contribution in [0.15, 0.2) is 36.8 Å². The van der Waals surface area contributed by atoms with Crippen LogP contribution in [-0.4, -0.2) is 22.8 Å². The van der Waals surface area contributed by atoms with E-state index in [-0.39, 0.29) is 6.04 Å². The number of hydrogen-bond acceptors (Lipinski definition) is 3. The van der Waals surface area contributed by atoms with E-state index in [1.54, 1.807) is 0 Å². The van der Waals surface area contributed by atoms with E-state index in [2.05, 4.69) is 40.7 Å². The molecule has 2 atom stereocenters. The first-order valence-electron chi connectivity index (χ1n) is 7.69. The molecule has 0 spiro atoms. The summed E-state index contributed by atoms with van der Waals surface area (Å²) in [5, 5.41) is 0. The molecule has 1 aromatic carbocycles. The van der Waals surface area contributed by atoms with Crippen molar-refractivity contribution in [3.8, 4) is 0 Å². The van der Waals surface area contributed by atoms with E-state index in [1.807, 2.05) is 12.5 Å². The van der Waals surface area contributed by atoms with Gasteiger partial charge in [-0.15, -0.1) is 0 Å². The molecule has 4 heteroatoms. The molecule has 0 saturated carbocycles. The van der Waals surface area contributed by atoms with E-state index in [0.29, 0.717) is 5.92 Å². The van der Waals surface area contributed by atoms with Crippen LogP contribution in [-0.2, 0) is 17.7 Å². The summed E-state index contributed by atoms with van der Waals surface area (Å²) in [5.41, 5.74) is 10.3. The number of hydrogen-bond donors (Lipinski definition) is 1. The Kier molecular flexibility index (Phi) is 4.36. The molecular formula is C17H23N3O. The minimum atomic E-state index is 0.00351. The lowest BCUT2D eigenvalue weighted by atomic mass is 9.97. The van der Waals surface area contributed by atoms with Crippen LogP contribution in [0, 0.1) is 5.92 Å². The fourth-order valence-electron chi connectivity index (χ4n) is 3.06. The van der Waals surface area contributed by atoms with Crippen LogP contribution in [0.4, 0.5) is 0 Å². The summed E-state index contributed by atoms with van der Waals surface area (Å²) >= 11 is 0. The molecule has 0 aliphatic carbocycles. The van der Waals surface area contributed by atoms with Gasteiger partial charge in [0.2, 0.25) is 0 Å². The monoisotopic (exact) mass is 285 g/mol. The van der Waals surface area contributed by atoms with Crippen LogP contribution >= 0.6 is 0 Å². The van der Waals surface area contributed by atoms with Crippen molar-refractivity contribution in [3.05, 3.63) is 53.6 Å². The van der Waals surface area contributed by atoms with Gasteiger partial charge in [0.25, 0.3) is 0 Å². The van der Waals surface area contributed by atoms with Crippen molar-refractivity contribution in [3.63, 3.8) is 0 Å². The van der Waals surface area contributed by atoms with Gasteiger partial charge in [-0.05, 0) is 24.0 Å². The molecule has 4 nitrogen and oxygen atoms in total. The Morgan fingerprint density at radius 3 is 2.90 bits per heavy atom. The van der Waals surface area contributed by atoms with Crippen molar-refractivity contribution in [2.24, 2.45) is 11.7 Å². The summed E-state index contributed by atoms with van der Waals surface area (Å²) < 4.78 is 7.64. The second-order valence-electron chi connectivity index (χ2n) is 5.72. The zero-order valence-electron chi connectivity index (χ0n) is 12.5. The van der Waals surface area contributed by atoms with Gasteiger partial charge in [0, 0.05) is 25.3 Å². The Hall–Kier alpha value is -1.65. The Morgan fingerprint density at radius 1 is 1.38 bits per heavy atom. The molecule has 112 valence electrons. The Labute approximate surface area is 125 Å². The Balaban J connectivity index is 1.82. The minimum Gasteiger partial charge on any atom is -0.381 e. The van der Waals surface area contributed by atoms with Crippen molar-refractivity contribution >= 4 is 0 Å². The van der Waals surface area contributed by atoms with Gasteiger partial charge in [0.1, 0.15) is 0 Å². The number of aromatic nitrogens is 2. The van der Waals surface area contributed by atoms with Crippen LogP contribution in [0.2, 0.25) is 0 Å². The number of aryl methyl sites for hydroxylation is 1. The topological polar surface area (TPSA) is 53.1 Å². The number of nitrogens with zero attached hydrogens (tertiary/aromatic N) is 2. The predicted molar refractivity (Wildman–Crippen MR) is 83.0 cm³/mol. The third kappa shape index (κ3) is 3.01. The molecule has 0 amide bonds. The molecule has 1 aliphatic heterocycles. The average molecular weight is 285 g/mol. The summed E-state index contributed by atoms with van der Waals surface area (Å²) in [6.45, 7) is 4.61. The molecular weight excluding hydrogens is 262 g/mol. The van der Waals surface area contributed by atoms with E-state index in [9.17, 15) is 0 Å². The van der Waals surface area contributed by atoms with Crippen LogP contribution in [0.25, 0.3) is 0 Å². The van der Waals surface area contributed by atoms with Gasteiger partial charge in [-0.25, -0.2) is 4.98 Å².